The number of nitriles is 3. The van der Waals surface area contributed by atoms with Crippen LogP contribution in [0.4, 0.5) is 0 Å². The van der Waals surface area contributed by atoms with Crippen molar-refractivity contribution in [2.75, 3.05) is 0 Å². The number of allylic oxidation sites excluding steroid dienone is 3. The second-order valence-corrected chi connectivity index (χ2v) is 8.04. The first-order chi connectivity index (χ1) is 17.7. The highest BCUT2D eigenvalue weighted by Gasteiger charge is 2.12. The third kappa shape index (κ3) is 5.92. The van der Waals surface area contributed by atoms with Crippen LogP contribution in [0.2, 0.25) is 0 Å². The van der Waals surface area contributed by atoms with E-state index < -0.39 is 0 Å². The minimum Gasteiger partial charge on any atom is -0.192 e. The van der Waals surface area contributed by atoms with Crippen LogP contribution >= 0.6 is 0 Å². The number of nitrogens with zero attached hydrogens (tertiary/aromatic N) is 3. The summed E-state index contributed by atoms with van der Waals surface area (Å²) in [6.45, 7) is 0. The summed E-state index contributed by atoms with van der Waals surface area (Å²) in [5.74, 6) is 0. The van der Waals surface area contributed by atoms with E-state index in [-0.39, 0.29) is 0 Å². The molecule has 36 heavy (non-hydrogen) atoms. The van der Waals surface area contributed by atoms with Crippen molar-refractivity contribution in [2.24, 2.45) is 0 Å². The molecule has 0 unspecified atom stereocenters. The van der Waals surface area contributed by atoms with Crippen LogP contribution in [0.15, 0.2) is 109 Å². The molecule has 4 aromatic carbocycles. The number of hydrogen-bond acceptors (Lipinski definition) is 3. The maximum Gasteiger partial charge on any atom is 0.0998 e. The van der Waals surface area contributed by atoms with Crippen molar-refractivity contribution in [3.63, 3.8) is 0 Å². The van der Waals surface area contributed by atoms with Gasteiger partial charge in [-0.15, -0.1) is 0 Å². The fourth-order valence-electron chi connectivity index (χ4n) is 3.78. The van der Waals surface area contributed by atoms with Crippen LogP contribution in [0.5, 0.6) is 0 Å². The maximum absolute atomic E-state index is 10.0. The van der Waals surface area contributed by atoms with E-state index in [2.05, 4.69) is 18.2 Å². The maximum atomic E-state index is 10.0. The average molecular weight is 460 g/mol. The zero-order valence-corrected chi connectivity index (χ0v) is 19.5. The predicted molar refractivity (Wildman–Crippen MR) is 146 cm³/mol. The SMILES string of the molecule is N#CC(=Cc1ccccc1)c1cc(C(C#N)=Cc2ccccc2)cc(C(C#N)=Cc2ccccc2)c1. The minimum absolute atomic E-state index is 0.443. The van der Waals surface area contributed by atoms with Gasteiger partial charge in [0.05, 0.1) is 34.9 Å². The average Bonchev–Trinajstić information content (AvgIpc) is 2.94. The van der Waals surface area contributed by atoms with Crippen molar-refractivity contribution < 1.29 is 0 Å². The molecule has 0 aromatic heterocycles. The summed E-state index contributed by atoms with van der Waals surface area (Å²) in [4.78, 5) is 0. The summed E-state index contributed by atoms with van der Waals surface area (Å²) in [7, 11) is 0. The molecule has 168 valence electrons. The summed E-state index contributed by atoms with van der Waals surface area (Å²) in [5, 5.41) is 30.0. The smallest absolute Gasteiger partial charge is 0.0998 e. The van der Waals surface area contributed by atoms with E-state index >= 15 is 0 Å². The molecule has 0 aliphatic heterocycles. The Kier molecular flexibility index (Phi) is 7.66. The molecule has 4 rings (SSSR count). The van der Waals surface area contributed by atoms with Crippen molar-refractivity contribution >= 4 is 34.9 Å². The van der Waals surface area contributed by atoms with Gasteiger partial charge in [-0.3, -0.25) is 0 Å². The predicted octanol–water partition coefficient (Wildman–Crippen LogP) is 7.88. The van der Waals surface area contributed by atoms with E-state index in [1.807, 2.05) is 127 Å². The van der Waals surface area contributed by atoms with Crippen LogP contribution in [0.25, 0.3) is 34.9 Å². The van der Waals surface area contributed by atoms with Crippen molar-refractivity contribution in [3.8, 4) is 18.2 Å². The zero-order valence-electron chi connectivity index (χ0n) is 19.5. The molecule has 0 saturated carbocycles. The van der Waals surface area contributed by atoms with Crippen molar-refractivity contribution in [2.45, 2.75) is 0 Å². The van der Waals surface area contributed by atoms with E-state index in [1.165, 1.54) is 0 Å². The van der Waals surface area contributed by atoms with Crippen molar-refractivity contribution in [1.82, 2.24) is 0 Å². The minimum atomic E-state index is 0.443. The van der Waals surface area contributed by atoms with E-state index in [4.69, 9.17) is 0 Å². The number of rotatable bonds is 6. The highest BCUT2D eigenvalue weighted by molar-refractivity contribution is 5.97. The molecule has 0 aliphatic rings. The molecule has 3 nitrogen and oxygen atoms in total. The molecule has 0 fully saturated rings. The van der Waals surface area contributed by atoms with Crippen LogP contribution in [0, 0.1) is 34.0 Å². The summed E-state index contributed by atoms with van der Waals surface area (Å²) in [6, 6.07) is 41.1. The first-order valence-electron chi connectivity index (χ1n) is 11.4. The summed E-state index contributed by atoms with van der Waals surface area (Å²) in [6.07, 6.45) is 5.43. The van der Waals surface area contributed by atoms with Gasteiger partial charge in [-0.2, -0.15) is 15.8 Å². The monoisotopic (exact) mass is 459 g/mol. The lowest BCUT2D eigenvalue weighted by Gasteiger charge is -2.10. The van der Waals surface area contributed by atoms with Gasteiger partial charge >= 0.3 is 0 Å². The molecule has 3 heteroatoms. The Balaban J connectivity index is 1.92. The van der Waals surface area contributed by atoms with Crippen LogP contribution in [-0.4, -0.2) is 0 Å². The Labute approximate surface area is 211 Å². The third-order valence-corrected chi connectivity index (χ3v) is 5.56. The lowest BCUT2D eigenvalue weighted by molar-refractivity contribution is 1.48. The fourth-order valence-corrected chi connectivity index (χ4v) is 3.78. The molecule has 0 N–H and O–H groups in total. The molecule has 0 amide bonds. The van der Waals surface area contributed by atoms with Gasteiger partial charge in [0.15, 0.2) is 0 Å². The van der Waals surface area contributed by atoms with Crippen LogP contribution < -0.4 is 0 Å². The zero-order chi connectivity index (χ0) is 25.2. The first kappa shape index (κ1) is 23.7. The Bertz CT molecular complexity index is 1370. The summed E-state index contributed by atoms with van der Waals surface area (Å²) >= 11 is 0. The Morgan fingerprint density at radius 1 is 0.417 bits per heavy atom. The molecule has 0 saturated heterocycles. The van der Waals surface area contributed by atoms with Gasteiger partial charge in [-0.1, -0.05) is 91.0 Å². The molecule has 0 spiro atoms. The summed E-state index contributed by atoms with van der Waals surface area (Å²) < 4.78 is 0. The van der Waals surface area contributed by atoms with Gasteiger partial charge in [0.2, 0.25) is 0 Å². The standard InChI is InChI=1S/C33H21N3/c34-22-31(16-25-10-4-1-5-11-25)28-19-29(32(23-35)17-26-12-6-2-7-13-26)21-30(20-28)33(24-36)18-27-14-8-3-9-15-27/h1-21H. The fraction of sp³-hybridized carbons (Fsp3) is 0. The number of benzene rings is 4. The van der Waals surface area contributed by atoms with Crippen molar-refractivity contribution in [3.05, 3.63) is 143 Å². The van der Waals surface area contributed by atoms with E-state index in [9.17, 15) is 15.8 Å². The molecule has 4 aromatic rings. The van der Waals surface area contributed by atoms with E-state index in [0.717, 1.165) is 16.7 Å². The molecule has 0 heterocycles. The molecular weight excluding hydrogens is 438 g/mol. The highest BCUT2D eigenvalue weighted by Crippen LogP contribution is 2.29. The molecule has 0 bridgehead atoms. The Morgan fingerprint density at radius 3 is 0.889 bits per heavy atom. The second kappa shape index (κ2) is 11.6. The van der Waals surface area contributed by atoms with Crippen LogP contribution in [-0.2, 0) is 0 Å². The third-order valence-electron chi connectivity index (χ3n) is 5.56. The lowest BCUT2D eigenvalue weighted by atomic mass is 9.92. The van der Waals surface area contributed by atoms with Gasteiger partial charge in [-0.05, 0) is 69.8 Å². The molecule has 0 atom stereocenters. The molecular formula is C33H21N3. The highest BCUT2D eigenvalue weighted by atomic mass is 14.3. The Morgan fingerprint density at radius 2 is 0.667 bits per heavy atom. The molecule has 0 radical (unpaired) electrons. The normalized spacial score (nSPS) is 11.8. The second-order valence-electron chi connectivity index (χ2n) is 8.04. The molecule has 0 aliphatic carbocycles. The van der Waals surface area contributed by atoms with E-state index in [1.54, 1.807) is 0 Å². The largest absolute Gasteiger partial charge is 0.192 e. The van der Waals surface area contributed by atoms with Gasteiger partial charge < -0.3 is 0 Å². The van der Waals surface area contributed by atoms with Gasteiger partial charge in [0.25, 0.3) is 0 Å². The van der Waals surface area contributed by atoms with Gasteiger partial charge in [-0.25, -0.2) is 0 Å². The van der Waals surface area contributed by atoms with Crippen molar-refractivity contribution in [1.29, 1.82) is 15.8 Å². The summed E-state index contributed by atoms with van der Waals surface area (Å²) in [5.41, 5.74) is 5.91. The Hall–Kier alpha value is -5.43. The van der Waals surface area contributed by atoms with Gasteiger partial charge in [0, 0.05) is 0 Å². The lowest BCUT2D eigenvalue weighted by Crippen LogP contribution is -1.93. The van der Waals surface area contributed by atoms with E-state index in [0.29, 0.717) is 33.4 Å². The van der Waals surface area contributed by atoms with Crippen LogP contribution in [0.3, 0.4) is 0 Å². The first-order valence-corrected chi connectivity index (χ1v) is 11.4. The number of hydrogen-bond donors (Lipinski definition) is 0. The quantitative estimate of drug-likeness (QED) is 0.217. The van der Waals surface area contributed by atoms with Gasteiger partial charge in [0.1, 0.15) is 0 Å². The topological polar surface area (TPSA) is 71.4 Å². The van der Waals surface area contributed by atoms with Crippen LogP contribution in [0.1, 0.15) is 33.4 Å².